The van der Waals surface area contributed by atoms with Crippen LogP contribution in [0.1, 0.15) is 32.1 Å². The fourth-order valence-electron chi connectivity index (χ4n) is 1.53. The van der Waals surface area contributed by atoms with E-state index in [9.17, 15) is 0 Å². The molecule has 0 fully saturated rings. The molecule has 86 valence electrons. The average molecular weight is 210 g/mol. The molecule has 3 N–H and O–H groups in total. The van der Waals surface area contributed by atoms with Crippen LogP contribution in [0.25, 0.3) is 0 Å². The van der Waals surface area contributed by atoms with Gasteiger partial charge in [0.15, 0.2) is 0 Å². The maximum atomic E-state index is 5.42. The summed E-state index contributed by atoms with van der Waals surface area (Å²) in [5.74, 6) is 0.972. The molecule has 0 atom stereocenters. The standard InChI is InChI=1S/C11H22N4/c1-15-10-7-11(14-15)13-9-6-4-2-3-5-8-12/h7,10H,2-6,8-9,12H2,1H3,(H,13,14). The minimum atomic E-state index is 0.826. The van der Waals surface area contributed by atoms with Gasteiger partial charge in [-0.15, -0.1) is 0 Å². The molecule has 0 unspecified atom stereocenters. The predicted octanol–water partition coefficient (Wildman–Crippen LogP) is 1.74. The van der Waals surface area contributed by atoms with Crippen molar-refractivity contribution in [3.8, 4) is 0 Å². The molecule has 15 heavy (non-hydrogen) atoms. The van der Waals surface area contributed by atoms with Gasteiger partial charge in [-0.05, 0) is 19.4 Å². The van der Waals surface area contributed by atoms with E-state index in [1.807, 2.05) is 24.0 Å². The summed E-state index contributed by atoms with van der Waals surface area (Å²) in [5, 5.41) is 7.55. The molecule has 0 radical (unpaired) electrons. The smallest absolute Gasteiger partial charge is 0.147 e. The van der Waals surface area contributed by atoms with Gasteiger partial charge in [-0.2, -0.15) is 5.10 Å². The minimum absolute atomic E-state index is 0.826. The number of nitrogens with zero attached hydrogens (tertiary/aromatic N) is 2. The second-order valence-corrected chi connectivity index (χ2v) is 3.86. The maximum Gasteiger partial charge on any atom is 0.147 e. The molecule has 0 spiro atoms. The highest BCUT2D eigenvalue weighted by molar-refractivity contribution is 5.31. The first-order valence-corrected chi connectivity index (χ1v) is 5.76. The van der Waals surface area contributed by atoms with Crippen molar-refractivity contribution in [2.75, 3.05) is 18.4 Å². The van der Waals surface area contributed by atoms with Gasteiger partial charge in [-0.25, -0.2) is 0 Å². The van der Waals surface area contributed by atoms with Crippen LogP contribution in [0.5, 0.6) is 0 Å². The summed E-state index contributed by atoms with van der Waals surface area (Å²) in [6.07, 6.45) is 8.15. The highest BCUT2D eigenvalue weighted by atomic mass is 15.3. The Morgan fingerprint density at radius 2 is 2.00 bits per heavy atom. The Kier molecular flexibility index (Phi) is 5.85. The number of hydrogen-bond donors (Lipinski definition) is 2. The van der Waals surface area contributed by atoms with Gasteiger partial charge in [-0.1, -0.05) is 19.3 Å². The molecule has 0 saturated carbocycles. The SMILES string of the molecule is Cn1ccc(NCCCCCCCN)n1. The largest absolute Gasteiger partial charge is 0.369 e. The lowest BCUT2D eigenvalue weighted by Crippen LogP contribution is -2.03. The first-order chi connectivity index (χ1) is 7.33. The number of nitrogens with one attached hydrogen (secondary N) is 1. The van der Waals surface area contributed by atoms with Crippen LogP contribution in [0.4, 0.5) is 5.82 Å². The van der Waals surface area contributed by atoms with Crippen molar-refractivity contribution in [2.24, 2.45) is 12.8 Å². The van der Waals surface area contributed by atoms with Gasteiger partial charge in [0.05, 0.1) is 0 Å². The van der Waals surface area contributed by atoms with Crippen LogP contribution in [0.3, 0.4) is 0 Å². The number of nitrogens with two attached hydrogens (primary N) is 1. The van der Waals surface area contributed by atoms with Gasteiger partial charge in [0.1, 0.15) is 5.82 Å². The number of aromatic nitrogens is 2. The second kappa shape index (κ2) is 7.29. The Balaban J connectivity index is 1.93. The molecule has 4 nitrogen and oxygen atoms in total. The molecule has 0 aromatic carbocycles. The third-order valence-electron chi connectivity index (χ3n) is 2.40. The predicted molar refractivity (Wildman–Crippen MR) is 63.8 cm³/mol. The number of anilines is 1. The van der Waals surface area contributed by atoms with E-state index >= 15 is 0 Å². The minimum Gasteiger partial charge on any atom is -0.369 e. The van der Waals surface area contributed by atoms with E-state index in [4.69, 9.17) is 5.73 Å². The van der Waals surface area contributed by atoms with Crippen LogP contribution in [0, 0.1) is 0 Å². The second-order valence-electron chi connectivity index (χ2n) is 3.86. The van der Waals surface area contributed by atoms with E-state index in [-0.39, 0.29) is 0 Å². The molecule has 0 saturated heterocycles. The summed E-state index contributed by atoms with van der Waals surface area (Å²) in [7, 11) is 1.93. The Bertz CT molecular complexity index is 257. The molecule has 0 aliphatic carbocycles. The maximum absolute atomic E-state index is 5.42. The van der Waals surface area contributed by atoms with E-state index in [2.05, 4.69) is 10.4 Å². The summed E-state index contributed by atoms with van der Waals surface area (Å²) < 4.78 is 1.81. The van der Waals surface area contributed by atoms with E-state index < -0.39 is 0 Å². The summed E-state index contributed by atoms with van der Waals surface area (Å²) >= 11 is 0. The fourth-order valence-corrected chi connectivity index (χ4v) is 1.53. The summed E-state index contributed by atoms with van der Waals surface area (Å²) in [6.45, 7) is 1.84. The van der Waals surface area contributed by atoms with Gasteiger partial charge >= 0.3 is 0 Å². The molecule has 1 heterocycles. The van der Waals surface area contributed by atoms with Crippen molar-refractivity contribution < 1.29 is 0 Å². The topological polar surface area (TPSA) is 55.9 Å². The van der Waals surface area contributed by atoms with Crippen LogP contribution >= 0.6 is 0 Å². The van der Waals surface area contributed by atoms with Crippen LogP contribution in [-0.4, -0.2) is 22.9 Å². The van der Waals surface area contributed by atoms with Crippen LogP contribution in [0.15, 0.2) is 12.3 Å². The van der Waals surface area contributed by atoms with E-state index in [1.54, 1.807) is 0 Å². The molecular formula is C11H22N4. The van der Waals surface area contributed by atoms with E-state index in [0.29, 0.717) is 0 Å². The molecule has 0 aliphatic heterocycles. The van der Waals surface area contributed by atoms with Gasteiger partial charge < -0.3 is 11.1 Å². The molecule has 0 bridgehead atoms. The lowest BCUT2D eigenvalue weighted by Gasteiger charge is -2.02. The van der Waals surface area contributed by atoms with E-state index in [0.717, 1.165) is 25.3 Å². The molecule has 0 amide bonds. The van der Waals surface area contributed by atoms with Gasteiger partial charge in [0.2, 0.25) is 0 Å². The first-order valence-electron chi connectivity index (χ1n) is 5.76. The zero-order valence-corrected chi connectivity index (χ0v) is 9.58. The van der Waals surface area contributed by atoms with Crippen LogP contribution in [-0.2, 0) is 7.05 Å². The van der Waals surface area contributed by atoms with Crippen molar-refractivity contribution in [3.63, 3.8) is 0 Å². The Morgan fingerprint density at radius 3 is 2.67 bits per heavy atom. The Morgan fingerprint density at radius 1 is 1.27 bits per heavy atom. The fraction of sp³-hybridized carbons (Fsp3) is 0.727. The molecule has 1 aromatic heterocycles. The summed E-state index contributed by atoms with van der Waals surface area (Å²) in [6, 6.07) is 1.99. The molecular weight excluding hydrogens is 188 g/mol. The number of aryl methyl sites for hydroxylation is 1. The lowest BCUT2D eigenvalue weighted by atomic mass is 10.1. The van der Waals surface area contributed by atoms with Crippen molar-refractivity contribution >= 4 is 5.82 Å². The van der Waals surface area contributed by atoms with E-state index in [1.165, 1.54) is 25.7 Å². The Labute approximate surface area is 91.8 Å². The van der Waals surface area contributed by atoms with Gasteiger partial charge in [0.25, 0.3) is 0 Å². The van der Waals surface area contributed by atoms with Gasteiger partial charge in [-0.3, -0.25) is 4.68 Å². The molecule has 0 aliphatic rings. The first kappa shape index (κ1) is 12.0. The van der Waals surface area contributed by atoms with Crippen LogP contribution < -0.4 is 11.1 Å². The third kappa shape index (κ3) is 5.42. The highest BCUT2D eigenvalue weighted by Crippen LogP contribution is 2.04. The quantitative estimate of drug-likeness (QED) is 0.643. The Hall–Kier alpha value is -1.03. The van der Waals surface area contributed by atoms with Crippen LogP contribution in [0.2, 0.25) is 0 Å². The van der Waals surface area contributed by atoms with Crippen molar-refractivity contribution in [2.45, 2.75) is 32.1 Å². The van der Waals surface area contributed by atoms with Gasteiger partial charge in [0, 0.05) is 25.9 Å². The van der Waals surface area contributed by atoms with Crippen molar-refractivity contribution in [3.05, 3.63) is 12.3 Å². The summed E-state index contributed by atoms with van der Waals surface area (Å²) in [5.41, 5.74) is 5.42. The zero-order chi connectivity index (χ0) is 10.9. The zero-order valence-electron chi connectivity index (χ0n) is 9.58. The lowest BCUT2D eigenvalue weighted by molar-refractivity contribution is 0.628. The summed E-state index contributed by atoms with van der Waals surface area (Å²) in [4.78, 5) is 0. The number of rotatable bonds is 8. The molecule has 1 rings (SSSR count). The number of unbranched alkanes of at least 4 members (excludes halogenated alkanes) is 4. The third-order valence-corrected chi connectivity index (χ3v) is 2.40. The normalized spacial score (nSPS) is 10.5. The monoisotopic (exact) mass is 210 g/mol. The van der Waals surface area contributed by atoms with Crippen molar-refractivity contribution in [1.29, 1.82) is 0 Å². The highest BCUT2D eigenvalue weighted by Gasteiger charge is 1.94. The molecule has 4 heteroatoms. The molecule has 1 aromatic rings. The number of hydrogen-bond acceptors (Lipinski definition) is 3. The van der Waals surface area contributed by atoms with Crippen molar-refractivity contribution in [1.82, 2.24) is 9.78 Å². The average Bonchev–Trinajstić information content (AvgIpc) is 2.63.